The summed E-state index contributed by atoms with van der Waals surface area (Å²) in [6.45, 7) is 6.08. The van der Waals surface area contributed by atoms with Crippen LogP contribution >= 0.6 is 0 Å². The number of amides is 1. The molecule has 0 bridgehead atoms. The second kappa shape index (κ2) is 7.03. The summed E-state index contributed by atoms with van der Waals surface area (Å²) in [5.41, 5.74) is 0.904. The number of ether oxygens (including phenoxy) is 1. The van der Waals surface area contributed by atoms with Crippen LogP contribution in [0.5, 0.6) is 0 Å². The van der Waals surface area contributed by atoms with Crippen LogP contribution in [0.1, 0.15) is 44.6 Å². The SMILES string of the molecule is COCC(C)(C)C(=O)N1CCCC(c2ccncc2)CC1. The Morgan fingerprint density at radius 2 is 2.05 bits per heavy atom. The molecule has 1 amide bonds. The summed E-state index contributed by atoms with van der Waals surface area (Å²) < 4.78 is 5.19. The normalized spacial score (nSPS) is 20.1. The summed E-state index contributed by atoms with van der Waals surface area (Å²) in [7, 11) is 1.65. The van der Waals surface area contributed by atoms with Gasteiger partial charge in [0.25, 0.3) is 0 Å². The quantitative estimate of drug-likeness (QED) is 0.856. The molecular weight excluding hydrogens is 264 g/mol. The van der Waals surface area contributed by atoms with E-state index in [0.29, 0.717) is 12.5 Å². The maximum absolute atomic E-state index is 12.6. The van der Waals surface area contributed by atoms with Crippen LogP contribution in [-0.2, 0) is 9.53 Å². The lowest BCUT2D eigenvalue weighted by atomic mass is 9.92. The van der Waals surface area contributed by atoms with E-state index in [0.717, 1.165) is 32.4 Å². The van der Waals surface area contributed by atoms with Crippen molar-refractivity contribution in [3.8, 4) is 0 Å². The molecule has 0 radical (unpaired) electrons. The molecule has 2 rings (SSSR count). The van der Waals surface area contributed by atoms with Gasteiger partial charge in [-0.2, -0.15) is 0 Å². The lowest BCUT2D eigenvalue weighted by Crippen LogP contribution is -2.43. The number of carbonyl (C=O) groups is 1. The smallest absolute Gasteiger partial charge is 0.230 e. The average Bonchev–Trinajstić information content (AvgIpc) is 2.73. The average molecular weight is 290 g/mol. The van der Waals surface area contributed by atoms with Crippen LogP contribution in [0.2, 0.25) is 0 Å². The molecule has 0 saturated carbocycles. The monoisotopic (exact) mass is 290 g/mol. The van der Waals surface area contributed by atoms with Crippen molar-refractivity contribution >= 4 is 5.91 Å². The van der Waals surface area contributed by atoms with E-state index in [9.17, 15) is 4.79 Å². The van der Waals surface area contributed by atoms with Crippen LogP contribution < -0.4 is 0 Å². The number of pyridine rings is 1. The predicted octanol–water partition coefficient (Wildman–Crippen LogP) is 2.85. The van der Waals surface area contributed by atoms with Gasteiger partial charge in [0.2, 0.25) is 5.91 Å². The van der Waals surface area contributed by atoms with E-state index in [1.165, 1.54) is 5.56 Å². The fraction of sp³-hybridized carbons (Fsp3) is 0.647. The highest BCUT2D eigenvalue weighted by atomic mass is 16.5. The number of hydrogen-bond donors (Lipinski definition) is 0. The molecule has 1 atom stereocenters. The zero-order valence-electron chi connectivity index (χ0n) is 13.3. The van der Waals surface area contributed by atoms with Gasteiger partial charge < -0.3 is 9.64 Å². The van der Waals surface area contributed by atoms with Crippen molar-refractivity contribution in [3.05, 3.63) is 30.1 Å². The summed E-state index contributed by atoms with van der Waals surface area (Å²) in [5, 5.41) is 0. The first-order chi connectivity index (χ1) is 10.0. The van der Waals surface area contributed by atoms with Crippen molar-refractivity contribution in [2.24, 2.45) is 5.41 Å². The van der Waals surface area contributed by atoms with E-state index in [4.69, 9.17) is 4.74 Å². The van der Waals surface area contributed by atoms with Crippen molar-refractivity contribution in [1.82, 2.24) is 9.88 Å². The van der Waals surface area contributed by atoms with E-state index in [2.05, 4.69) is 17.1 Å². The number of methoxy groups -OCH3 is 1. The minimum atomic E-state index is -0.439. The van der Waals surface area contributed by atoms with Crippen LogP contribution in [0, 0.1) is 5.41 Å². The molecule has 0 aromatic carbocycles. The predicted molar refractivity (Wildman–Crippen MR) is 83.1 cm³/mol. The Morgan fingerprint density at radius 3 is 2.71 bits per heavy atom. The van der Waals surface area contributed by atoms with Gasteiger partial charge in [0.1, 0.15) is 0 Å². The lowest BCUT2D eigenvalue weighted by molar-refractivity contribution is -0.143. The molecule has 4 nitrogen and oxygen atoms in total. The molecule has 0 spiro atoms. The summed E-state index contributed by atoms with van der Waals surface area (Å²) >= 11 is 0. The second-order valence-corrected chi connectivity index (χ2v) is 6.52. The largest absolute Gasteiger partial charge is 0.384 e. The van der Waals surface area contributed by atoms with Crippen LogP contribution in [0.3, 0.4) is 0 Å². The third-order valence-electron chi connectivity index (χ3n) is 4.28. The fourth-order valence-corrected chi connectivity index (χ4v) is 3.12. The highest BCUT2D eigenvalue weighted by molar-refractivity contribution is 5.82. The van der Waals surface area contributed by atoms with E-state index in [1.54, 1.807) is 7.11 Å². The van der Waals surface area contributed by atoms with Crippen molar-refractivity contribution < 1.29 is 9.53 Å². The molecule has 0 N–H and O–H groups in total. The molecule has 116 valence electrons. The van der Waals surface area contributed by atoms with Crippen LogP contribution in [-0.4, -0.2) is 42.6 Å². The van der Waals surface area contributed by atoms with Crippen molar-refractivity contribution in [1.29, 1.82) is 0 Å². The van der Waals surface area contributed by atoms with E-state index >= 15 is 0 Å². The Morgan fingerprint density at radius 1 is 1.33 bits per heavy atom. The van der Waals surface area contributed by atoms with Gasteiger partial charge in [0, 0.05) is 32.6 Å². The van der Waals surface area contributed by atoms with Gasteiger partial charge in [-0.3, -0.25) is 9.78 Å². The standard InChI is InChI=1S/C17H26N2O2/c1-17(2,13-21-3)16(20)19-11-4-5-14(8-12-19)15-6-9-18-10-7-15/h6-7,9-10,14H,4-5,8,11-13H2,1-3H3. The molecule has 1 aliphatic heterocycles. The molecule has 2 heterocycles. The van der Waals surface area contributed by atoms with Crippen LogP contribution in [0.15, 0.2) is 24.5 Å². The van der Waals surface area contributed by atoms with Crippen molar-refractivity contribution in [3.63, 3.8) is 0 Å². The van der Waals surface area contributed by atoms with Gasteiger partial charge in [-0.1, -0.05) is 0 Å². The first-order valence-electron chi connectivity index (χ1n) is 7.73. The summed E-state index contributed by atoms with van der Waals surface area (Å²) in [6.07, 6.45) is 6.93. The first-order valence-corrected chi connectivity index (χ1v) is 7.73. The molecule has 1 saturated heterocycles. The molecular formula is C17H26N2O2. The highest BCUT2D eigenvalue weighted by Crippen LogP contribution is 2.29. The molecule has 1 unspecified atom stereocenters. The maximum Gasteiger partial charge on any atom is 0.230 e. The molecule has 1 aliphatic rings. The van der Waals surface area contributed by atoms with Crippen molar-refractivity contribution in [2.75, 3.05) is 26.8 Å². The third kappa shape index (κ3) is 4.03. The summed E-state index contributed by atoms with van der Waals surface area (Å²) in [4.78, 5) is 18.7. The molecule has 4 heteroatoms. The number of carbonyl (C=O) groups excluding carboxylic acids is 1. The second-order valence-electron chi connectivity index (χ2n) is 6.52. The number of rotatable bonds is 4. The molecule has 0 aliphatic carbocycles. The number of nitrogens with zero attached hydrogens (tertiary/aromatic N) is 2. The van der Waals surface area contributed by atoms with E-state index < -0.39 is 5.41 Å². The van der Waals surface area contributed by atoms with Crippen LogP contribution in [0.25, 0.3) is 0 Å². The fourth-order valence-electron chi connectivity index (χ4n) is 3.12. The topological polar surface area (TPSA) is 42.4 Å². The van der Waals surface area contributed by atoms with Gasteiger partial charge in [0.05, 0.1) is 12.0 Å². The Balaban J connectivity index is 1.99. The van der Waals surface area contributed by atoms with Crippen LogP contribution in [0.4, 0.5) is 0 Å². The number of likely N-dealkylation sites (tertiary alicyclic amines) is 1. The first kappa shape index (κ1) is 16.0. The minimum absolute atomic E-state index is 0.208. The van der Waals surface area contributed by atoms with Gasteiger partial charge in [-0.15, -0.1) is 0 Å². The Hall–Kier alpha value is -1.42. The van der Waals surface area contributed by atoms with Gasteiger partial charge >= 0.3 is 0 Å². The Kier molecular flexibility index (Phi) is 5.34. The lowest BCUT2D eigenvalue weighted by Gasteiger charge is -2.30. The Labute approximate surface area is 127 Å². The number of hydrogen-bond acceptors (Lipinski definition) is 3. The molecule has 1 aromatic heterocycles. The zero-order valence-corrected chi connectivity index (χ0v) is 13.3. The van der Waals surface area contributed by atoms with Gasteiger partial charge in [0.15, 0.2) is 0 Å². The maximum atomic E-state index is 12.6. The zero-order chi connectivity index (χ0) is 15.3. The highest BCUT2D eigenvalue weighted by Gasteiger charge is 2.33. The van der Waals surface area contributed by atoms with Gasteiger partial charge in [-0.05, 0) is 56.7 Å². The molecule has 1 fully saturated rings. The molecule has 1 aromatic rings. The number of aromatic nitrogens is 1. The third-order valence-corrected chi connectivity index (χ3v) is 4.28. The molecule has 21 heavy (non-hydrogen) atoms. The van der Waals surface area contributed by atoms with E-state index in [1.807, 2.05) is 31.1 Å². The minimum Gasteiger partial charge on any atom is -0.384 e. The van der Waals surface area contributed by atoms with Gasteiger partial charge in [-0.25, -0.2) is 0 Å². The summed E-state index contributed by atoms with van der Waals surface area (Å²) in [6, 6.07) is 4.19. The van der Waals surface area contributed by atoms with Crippen molar-refractivity contribution in [2.45, 2.75) is 39.0 Å². The Bertz CT molecular complexity index is 459. The summed E-state index contributed by atoms with van der Waals surface area (Å²) in [5.74, 6) is 0.746. The van der Waals surface area contributed by atoms with E-state index in [-0.39, 0.29) is 5.91 Å².